The summed E-state index contributed by atoms with van der Waals surface area (Å²) < 4.78 is 0. The summed E-state index contributed by atoms with van der Waals surface area (Å²) in [6.07, 6.45) is 5.97. The van der Waals surface area contributed by atoms with Gasteiger partial charge in [0.05, 0.1) is 19.7 Å². The molecule has 4 heteroatoms. The smallest absolute Gasteiger partial charge is 0.234 e. The lowest BCUT2D eigenvalue weighted by molar-refractivity contribution is -0.122. The fourth-order valence-electron chi connectivity index (χ4n) is 1.14. The summed E-state index contributed by atoms with van der Waals surface area (Å²) in [7, 11) is 0. The minimum Gasteiger partial charge on any atom is -0.395 e. The molecule has 2 N–H and O–H groups in total. The van der Waals surface area contributed by atoms with Crippen LogP contribution in [0, 0.1) is 12.3 Å². The summed E-state index contributed by atoms with van der Waals surface area (Å²) in [5.41, 5.74) is 0. The number of nitrogens with zero attached hydrogens (tertiary/aromatic N) is 1. The Balaban J connectivity index is 3.77. The van der Waals surface area contributed by atoms with Crippen LogP contribution in [-0.4, -0.2) is 48.7 Å². The number of terminal acetylenes is 1. The van der Waals surface area contributed by atoms with E-state index >= 15 is 0 Å². The summed E-state index contributed by atoms with van der Waals surface area (Å²) >= 11 is 0. The van der Waals surface area contributed by atoms with Crippen LogP contribution < -0.4 is 5.32 Å². The van der Waals surface area contributed by atoms with Crippen molar-refractivity contribution in [2.75, 3.05) is 32.8 Å². The first kappa shape index (κ1) is 12.9. The first-order valence-corrected chi connectivity index (χ1v) is 4.78. The summed E-state index contributed by atoms with van der Waals surface area (Å²) in [6.45, 7) is 4.00. The van der Waals surface area contributed by atoms with Crippen LogP contribution in [0.2, 0.25) is 0 Å². The molecule has 0 aliphatic carbocycles. The van der Waals surface area contributed by atoms with Crippen LogP contribution in [0.1, 0.15) is 13.3 Å². The molecule has 4 nitrogen and oxygen atoms in total. The molecule has 0 bridgehead atoms. The molecule has 0 radical (unpaired) electrons. The van der Waals surface area contributed by atoms with E-state index in [1.54, 1.807) is 0 Å². The number of hydrogen-bond acceptors (Lipinski definition) is 3. The topological polar surface area (TPSA) is 52.6 Å². The maximum Gasteiger partial charge on any atom is 0.234 e. The maximum atomic E-state index is 11.2. The fraction of sp³-hybridized carbons (Fsp3) is 0.700. The monoisotopic (exact) mass is 198 g/mol. The fourth-order valence-corrected chi connectivity index (χ4v) is 1.14. The molecule has 1 amide bonds. The molecule has 0 aromatic carbocycles. The third kappa shape index (κ3) is 6.46. The Morgan fingerprint density at radius 2 is 2.29 bits per heavy atom. The van der Waals surface area contributed by atoms with Crippen LogP contribution >= 0.6 is 0 Å². The van der Waals surface area contributed by atoms with Crippen molar-refractivity contribution in [3.05, 3.63) is 0 Å². The van der Waals surface area contributed by atoms with E-state index in [0.717, 1.165) is 13.0 Å². The third-order valence-corrected chi connectivity index (χ3v) is 1.71. The number of nitrogens with one attached hydrogen (secondary N) is 1. The van der Waals surface area contributed by atoms with Crippen molar-refractivity contribution in [3.8, 4) is 12.3 Å². The van der Waals surface area contributed by atoms with Crippen molar-refractivity contribution in [1.82, 2.24) is 10.2 Å². The van der Waals surface area contributed by atoms with Crippen molar-refractivity contribution in [2.45, 2.75) is 13.3 Å². The second kappa shape index (κ2) is 8.54. The number of hydrogen-bond donors (Lipinski definition) is 2. The summed E-state index contributed by atoms with van der Waals surface area (Å²) in [5.74, 6) is 2.24. The molecule has 0 aromatic heterocycles. The predicted molar refractivity (Wildman–Crippen MR) is 55.7 cm³/mol. The van der Waals surface area contributed by atoms with Crippen LogP contribution in [-0.2, 0) is 4.79 Å². The zero-order chi connectivity index (χ0) is 10.8. The molecule has 0 rings (SSSR count). The second-order valence-corrected chi connectivity index (χ2v) is 2.98. The zero-order valence-corrected chi connectivity index (χ0v) is 8.62. The Labute approximate surface area is 85.3 Å². The van der Waals surface area contributed by atoms with Crippen LogP contribution in [0.3, 0.4) is 0 Å². The highest BCUT2D eigenvalue weighted by atomic mass is 16.3. The van der Waals surface area contributed by atoms with Crippen LogP contribution in [0.4, 0.5) is 0 Å². The van der Waals surface area contributed by atoms with Crippen LogP contribution in [0.15, 0.2) is 0 Å². The first-order valence-electron chi connectivity index (χ1n) is 4.78. The quantitative estimate of drug-likeness (QED) is 0.539. The van der Waals surface area contributed by atoms with Crippen molar-refractivity contribution in [2.24, 2.45) is 0 Å². The van der Waals surface area contributed by atoms with Crippen LogP contribution in [0.25, 0.3) is 0 Å². The zero-order valence-electron chi connectivity index (χ0n) is 8.62. The standard InChI is InChI=1S/C10H18N2O2/c1-3-5-11-10(14)9-12(6-4-2)7-8-13/h1,13H,4-9H2,2H3,(H,11,14). The Morgan fingerprint density at radius 1 is 1.57 bits per heavy atom. The highest BCUT2D eigenvalue weighted by Gasteiger charge is 2.07. The van der Waals surface area contributed by atoms with E-state index < -0.39 is 0 Å². The van der Waals surface area contributed by atoms with Crippen molar-refractivity contribution in [3.63, 3.8) is 0 Å². The Bertz CT molecular complexity index is 193. The van der Waals surface area contributed by atoms with Gasteiger partial charge < -0.3 is 10.4 Å². The van der Waals surface area contributed by atoms with E-state index in [-0.39, 0.29) is 19.1 Å². The lowest BCUT2D eigenvalue weighted by atomic mass is 10.4. The summed E-state index contributed by atoms with van der Waals surface area (Å²) in [6, 6.07) is 0. The third-order valence-electron chi connectivity index (χ3n) is 1.71. The van der Waals surface area contributed by atoms with Gasteiger partial charge in [0.25, 0.3) is 0 Å². The van der Waals surface area contributed by atoms with Gasteiger partial charge in [0.2, 0.25) is 5.91 Å². The molecular weight excluding hydrogens is 180 g/mol. The lowest BCUT2D eigenvalue weighted by Gasteiger charge is -2.19. The van der Waals surface area contributed by atoms with Crippen molar-refractivity contribution >= 4 is 5.91 Å². The number of carbonyl (C=O) groups excluding carboxylic acids is 1. The number of aliphatic hydroxyl groups is 1. The average molecular weight is 198 g/mol. The minimum absolute atomic E-state index is 0.0718. The predicted octanol–water partition coefficient (Wildman–Crippen LogP) is -0.560. The van der Waals surface area contributed by atoms with Gasteiger partial charge in [-0.25, -0.2) is 0 Å². The molecule has 0 aliphatic heterocycles. The normalized spacial score (nSPS) is 9.86. The lowest BCUT2D eigenvalue weighted by Crippen LogP contribution is -2.39. The van der Waals surface area contributed by atoms with E-state index in [2.05, 4.69) is 11.2 Å². The van der Waals surface area contributed by atoms with Gasteiger partial charge in [-0.15, -0.1) is 6.42 Å². The molecule has 0 aliphatic rings. The van der Waals surface area contributed by atoms with Crippen LogP contribution in [0.5, 0.6) is 0 Å². The molecule has 0 spiro atoms. The molecule has 0 saturated heterocycles. The Hall–Kier alpha value is -1.05. The molecule has 0 fully saturated rings. The molecule has 0 unspecified atom stereocenters. The largest absolute Gasteiger partial charge is 0.395 e. The molecule has 80 valence electrons. The van der Waals surface area contributed by atoms with Crippen molar-refractivity contribution < 1.29 is 9.90 Å². The number of carbonyl (C=O) groups is 1. The van der Waals surface area contributed by atoms with Crippen molar-refractivity contribution in [1.29, 1.82) is 0 Å². The van der Waals surface area contributed by atoms with Gasteiger partial charge in [0.1, 0.15) is 0 Å². The van der Waals surface area contributed by atoms with Gasteiger partial charge >= 0.3 is 0 Å². The van der Waals surface area contributed by atoms with Gasteiger partial charge in [-0.3, -0.25) is 9.69 Å². The summed E-state index contributed by atoms with van der Waals surface area (Å²) in [5, 5.41) is 11.3. The van der Waals surface area contributed by atoms with Gasteiger partial charge in [-0.2, -0.15) is 0 Å². The minimum atomic E-state index is -0.0927. The van der Waals surface area contributed by atoms with E-state index in [1.165, 1.54) is 0 Å². The maximum absolute atomic E-state index is 11.2. The molecule has 0 saturated carbocycles. The van der Waals surface area contributed by atoms with Gasteiger partial charge in [-0.05, 0) is 13.0 Å². The number of amides is 1. The molecule has 0 atom stereocenters. The second-order valence-electron chi connectivity index (χ2n) is 2.98. The van der Waals surface area contributed by atoms with Gasteiger partial charge in [-0.1, -0.05) is 12.8 Å². The highest BCUT2D eigenvalue weighted by Crippen LogP contribution is 1.90. The SMILES string of the molecule is C#CCNC(=O)CN(CCC)CCO. The van der Waals surface area contributed by atoms with Gasteiger partial charge in [0, 0.05) is 6.54 Å². The molecular formula is C10H18N2O2. The molecule has 0 aromatic rings. The number of rotatable bonds is 7. The van der Waals surface area contributed by atoms with Gasteiger partial charge in [0.15, 0.2) is 0 Å². The highest BCUT2D eigenvalue weighted by molar-refractivity contribution is 5.78. The first-order chi connectivity index (χ1) is 6.74. The Kier molecular flexibility index (Phi) is 7.90. The van der Waals surface area contributed by atoms with E-state index in [0.29, 0.717) is 13.1 Å². The van der Waals surface area contributed by atoms with E-state index in [4.69, 9.17) is 11.5 Å². The van der Waals surface area contributed by atoms with E-state index in [9.17, 15) is 4.79 Å². The number of aliphatic hydroxyl groups excluding tert-OH is 1. The molecule has 14 heavy (non-hydrogen) atoms. The Morgan fingerprint density at radius 3 is 2.79 bits per heavy atom. The van der Waals surface area contributed by atoms with E-state index in [1.807, 2.05) is 11.8 Å². The molecule has 0 heterocycles. The average Bonchev–Trinajstić information content (AvgIpc) is 2.15. The summed E-state index contributed by atoms with van der Waals surface area (Å²) in [4.78, 5) is 13.1.